The van der Waals surface area contributed by atoms with Crippen molar-refractivity contribution >= 4 is 17.5 Å². The van der Waals surface area contributed by atoms with E-state index in [-0.39, 0.29) is 24.4 Å². The Labute approximate surface area is 157 Å². The number of halogens is 1. The average Bonchev–Trinajstić information content (AvgIpc) is 2.66. The van der Waals surface area contributed by atoms with Gasteiger partial charge in [0.1, 0.15) is 11.6 Å². The number of hydrogen-bond donors (Lipinski definition) is 3. The number of aliphatic hydroxyl groups is 1. The Morgan fingerprint density at radius 1 is 1.07 bits per heavy atom. The summed E-state index contributed by atoms with van der Waals surface area (Å²) in [6, 6.07) is 11.5. The second kappa shape index (κ2) is 8.55. The summed E-state index contributed by atoms with van der Waals surface area (Å²) in [5.74, 6) is 0.769. The predicted octanol–water partition coefficient (Wildman–Crippen LogP) is 3.85. The van der Waals surface area contributed by atoms with Gasteiger partial charge < -0.3 is 15.7 Å². The number of benzene rings is 1. The van der Waals surface area contributed by atoms with E-state index in [0.717, 1.165) is 5.56 Å². The van der Waals surface area contributed by atoms with Gasteiger partial charge in [0, 0.05) is 29.7 Å². The summed E-state index contributed by atoms with van der Waals surface area (Å²) >= 11 is 0. The molecule has 2 heterocycles. The molecular weight excluding hydrogens is 345 g/mol. The van der Waals surface area contributed by atoms with Gasteiger partial charge in [0.15, 0.2) is 0 Å². The van der Waals surface area contributed by atoms with Gasteiger partial charge in [0.05, 0.1) is 18.3 Å². The van der Waals surface area contributed by atoms with E-state index in [0.29, 0.717) is 23.1 Å². The van der Waals surface area contributed by atoms with Crippen LogP contribution in [0, 0.1) is 11.7 Å². The summed E-state index contributed by atoms with van der Waals surface area (Å²) in [6.07, 6.45) is 3.38. The van der Waals surface area contributed by atoms with Crippen molar-refractivity contribution in [1.29, 1.82) is 0 Å². The molecule has 0 saturated heterocycles. The van der Waals surface area contributed by atoms with E-state index in [1.165, 1.54) is 12.1 Å². The Bertz CT molecular complexity index is 889. The maximum absolute atomic E-state index is 13.5. The zero-order valence-electron chi connectivity index (χ0n) is 15.2. The first-order chi connectivity index (χ1) is 13.0. The highest BCUT2D eigenvalue weighted by atomic mass is 19.1. The molecule has 6 nitrogen and oxygen atoms in total. The SMILES string of the molecule is CC(C)[C@@H](CO)Nc1nc(Nc2cccc(F)c2)cc(-c2ccncc2)n1. The first-order valence-electron chi connectivity index (χ1n) is 8.74. The van der Waals surface area contributed by atoms with Crippen LogP contribution in [0.2, 0.25) is 0 Å². The Hall–Kier alpha value is -3.06. The van der Waals surface area contributed by atoms with Gasteiger partial charge in [-0.2, -0.15) is 4.98 Å². The standard InChI is InChI=1S/C20H22FN5O/c1-13(2)18(12-27)25-20-24-17(14-6-8-22-9-7-14)11-19(26-20)23-16-5-3-4-15(21)10-16/h3-11,13,18,27H,12H2,1-2H3,(H2,23,24,25,26)/t18-/m1/s1. The lowest BCUT2D eigenvalue weighted by atomic mass is 10.1. The highest BCUT2D eigenvalue weighted by Crippen LogP contribution is 2.24. The summed E-state index contributed by atoms with van der Waals surface area (Å²) in [6.45, 7) is 3.98. The van der Waals surface area contributed by atoms with Gasteiger partial charge in [-0.1, -0.05) is 19.9 Å². The summed E-state index contributed by atoms with van der Waals surface area (Å²) in [4.78, 5) is 13.1. The summed E-state index contributed by atoms with van der Waals surface area (Å²) in [5.41, 5.74) is 2.15. The normalized spacial score (nSPS) is 12.0. The molecule has 27 heavy (non-hydrogen) atoms. The largest absolute Gasteiger partial charge is 0.394 e. The fourth-order valence-electron chi connectivity index (χ4n) is 2.55. The minimum absolute atomic E-state index is 0.0346. The third kappa shape index (κ3) is 4.98. The second-order valence-electron chi connectivity index (χ2n) is 6.51. The van der Waals surface area contributed by atoms with Crippen molar-refractivity contribution in [2.24, 2.45) is 5.92 Å². The number of hydrogen-bond acceptors (Lipinski definition) is 6. The highest BCUT2D eigenvalue weighted by molar-refractivity contribution is 5.67. The van der Waals surface area contributed by atoms with Gasteiger partial charge in [-0.15, -0.1) is 0 Å². The number of nitrogens with one attached hydrogen (secondary N) is 2. The number of aromatic nitrogens is 3. The maximum atomic E-state index is 13.5. The van der Waals surface area contributed by atoms with E-state index in [1.54, 1.807) is 30.6 Å². The maximum Gasteiger partial charge on any atom is 0.225 e. The van der Waals surface area contributed by atoms with Crippen LogP contribution in [0.15, 0.2) is 54.9 Å². The van der Waals surface area contributed by atoms with Gasteiger partial charge in [0.25, 0.3) is 0 Å². The van der Waals surface area contributed by atoms with Crippen LogP contribution < -0.4 is 10.6 Å². The topological polar surface area (TPSA) is 83.0 Å². The molecule has 0 fully saturated rings. The Balaban J connectivity index is 1.97. The number of rotatable bonds is 7. The van der Waals surface area contributed by atoms with Crippen LogP contribution in [0.5, 0.6) is 0 Å². The molecule has 1 atom stereocenters. The molecule has 0 spiro atoms. The first kappa shape index (κ1) is 18.7. The van der Waals surface area contributed by atoms with E-state index >= 15 is 0 Å². The molecule has 3 rings (SSSR count). The molecule has 0 saturated carbocycles. The van der Waals surface area contributed by atoms with Gasteiger partial charge in [-0.05, 0) is 36.2 Å². The van der Waals surface area contributed by atoms with Crippen LogP contribution in [-0.4, -0.2) is 32.7 Å². The van der Waals surface area contributed by atoms with Crippen LogP contribution in [0.25, 0.3) is 11.3 Å². The van der Waals surface area contributed by atoms with E-state index < -0.39 is 0 Å². The Kier molecular flexibility index (Phi) is 5.93. The molecule has 2 aromatic heterocycles. The van der Waals surface area contributed by atoms with E-state index in [2.05, 4.69) is 25.6 Å². The van der Waals surface area contributed by atoms with E-state index in [9.17, 15) is 9.50 Å². The minimum atomic E-state index is -0.332. The lowest BCUT2D eigenvalue weighted by Crippen LogP contribution is -2.30. The quantitative estimate of drug-likeness (QED) is 0.588. The molecule has 3 aromatic rings. The molecule has 1 aromatic carbocycles. The van der Waals surface area contributed by atoms with Crippen LogP contribution in [0.3, 0.4) is 0 Å². The molecule has 140 valence electrons. The zero-order chi connectivity index (χ0) is 19.2. The third-order valence-corrected chi connectivity index (χ3v) is 4.12. The van der Waals surface area contributed by atoms with E-state index in [1.807, 2.05) is 26.0 Å². The molecule has 0 bridgehead atoms. The van der Waals surface area contributed by atoms with Crippen molar-refractivity contribution in [2.45, 2.75) is 19.9 Å². The summed E-state index contributed by atoms with van der Waals surface area (Å²) in [7, 11) is 0. The minimum Gasteiger partial charge on any atom is -0.394 e. The van der Waals surface area contributed by atoms with Gasteiger partial charge in [-0.25, -0.2) is 9.37 Å². The summed E-state index contributed by atoms with van der Waals surface area (Å²) in [5, 5.41) is 15.9. The average molecular weight is 367 g/mol. The monoisotopic (exact) mass is 367 g/mol. The molecule has 0 unspecified atom stereocenters. The number of nitrogens with zero attached hydrogens (tertiary/aromatic N) is 3. The predicted molar refractivity (Wildman–Crippen MR) is 104 cm³/mol. The van der Waals surface area contributed by atoms with Crippen molar-refractivity contribution < 1.29 is 9.50 Å². The molecule has 7 heteroatoms. The molecule has 0 aliphatic rings. The molecule has 0 aliphatic heterocycles. The number of anilines is 3. The fourth-order valence-corrected chi connectivity index (χ4v) is 2.55. The van der Waals surface area contributed by atoms with Crippen molar-refractivity contribution in [3.05, 3.63) is 60.7 Å². The smallest absolute Gasteiger partial charge is 0.225 e. The van der Waals surface area contributed by atoms with Crippen molar-refractivity contribution in [3.8, 4) is 11.3 Å². The zero-order valence-corrected chi connectivity index (χ0v) is 15.2. The highest BCUT2D eigenvalue weighted by Gasteiger charge is 2.15. The first-order valence-corrected chi connectivity index (χ1v) is 8.74. The van der Waals surface area contributed by atoms with Crippen molar-refractivity contribution in [3.63, 3.8) is 0 Å². The van der Waals surface area contributed by atoms with Crippen LogP contribution >= 0.6 is 0 Å². The molecule has 0 amide bonds. The van der Waals surface area contributed by atoms with Crippen molar-refractivity contribution in [2.75, 3.05) is 17.2 Å². The molecule has 0 aliphatic carbocycles. The van der Waals surface area contributed by atoms with Gasteiger partial charge in [0.2, 0.25) is 5.95 Å². The van der Waals surface area contributed by atoms with Crippen molar-refractivity contribution in [1.82, 2.24) is 15.0 Å². The Morgan fingerprint density at radius 2 is 1.85 bits per heavy atom. The lowest BCUT2D eigenvalue weighted by molar-refractivity contribution is 0.248. The molecular formula is C20H22FN5O. The summed E-state index contributed by atoms with van der Waals surface area (Å²) < 4.78 is 13.5. The number of pyridine rings is 1. The number of aliphatic hydroxyl groups excluding tert-OH is 1. The van der Waals surface area contributed by atoms with Crippen LogP contribution in [-0.2, 0) is 0 Å². The van der Waals surface area contributed by atoms with Crippen LogP contribution in [0.4, 0.5) is 21.8 Å². The van der Waals surface area contributed by atoms with Gasteiger partial charge >= 0.3 is 0 Å². The van der Waals surface area contributed by atoms with Gasteiger partial charge in [-0.3, -0.25) is 4.98 Å². The fraction of sp³-hybridized carbons (Fsp3) is 0.250. The molecule has 0 radical (unpaired) electrons. The lowest BCUT2D eigenvalue weighted by Gasteiger charge is -2.20. The second-order valence-corrected chi connectivity index (χ2v) is 6.51. The van der Waals surface area contributed by atoms with Crippen LogP contribution in [0.1, 0.15) is 13.8 Å². The van der Waals surface area contributed by atoms with E-state index in [4.69, 9.17) is 0 Å². The molecule has 3 N–H and O–H groups in total. The Morgan fingerprint density at radius 3 is 2.52 bits per heavy atom. The third-order valence-electron chi connectivity index (χ3n) is 4.12.